The van der Waals surface area contributed by atoms with Crippen molar-refractivity contribution in [2.45, 2.75) is 37.3 Å². The molecule has 7 heteroatoms. The van der Waals surface area contributed by atoms with Crippen LogP contribution in [-0.4, -0.2) is 51.0 Å². The second kappa shape index (κ2) is 6.31. The van der Waals surface area contributed by atoms with Crippen LogP contribution in [0, 0.1) is 0 Å². The molecule has 3 saturated heterocycles. The second-order valence-corrected chi connectivity index (χ2v) is 7.59. The zero-order valence-corrected chi connectivity index (χ0v) is 15.4. The van der Waals surface area contributed by atoms with Crippen molar-refractivity contribution in [1.82, 2.24) is 14.4 Å². The van der Waals surface area contributed by atoms with Gasteiger partial charge in [-0.2, -0.15) is 0 Å². The number of likely N-dealkylation sites (tertiary alicyclic amines) is 1. The van der Waals surface area contributed by atoms with E-state index in [2.05, 4.69) is 0 Å². The molecule has 0 N–H and O–H groups in total. The third-order valence-corrected chi connectivity index (χ3v) is 6.12. The van der Waals surface area contributed by atoms with E-state index in [-0.39, 0.29) is 42.5 Å². The van der Waals surface area contributed by atoms with E-state index in [4.69, 9.17) is 4.74 Å². The fourth-order valence-electron chi connectivity index (χ4n) is 4.79. The third kappa shape index (κ3) is 2.50. The third-order valence-electron chi connectivity index (χ3n) is 6.12. The summed E-state index contributed by atoms with van der Waals surface area (Å²) in [4.78, 5) is 41.1. The van der Waals surface area contributed by atoms with Crippen LogP contribution >= 0.6 is 0 Å². The minimum Gasteiger partial charge on any atom is -0.343 e. The normalized spacial score (nSPS) is 28.5. The molecule has 5 rings (SSSR count). The highest BCUT2D eigenvalue weighted by Gasteiger charge is 2.64. The van der Waals surface area contributed by atoms with Gasteiger partial charge >= 0.3 is 0 Å². The topological polar surface area (TPSA) is 71.9 Å². The van der Waals surface area contributed by atoms with Crippen LogP contribution in [0.1, 0.15) is 24.5 Å². The van der Waals surface area contributed by atoms with Crippen molar-refractivity contribution in [3.63, 3.8) is 0 Å². The Labute approximate surface area is 162 Å². The molecule has 0 unspecified atom stereocenters. The fraction of sp³-hybridized carbons (Fsp3) is 0.381. The summed E-state index contributed by atoms with van der Waals surface area (Å²) in [7, 11) is 0. The van der Waals surface area contributed by atoms with E-state index in [9.17, 15) is 14.4 Å². The van der Waals surface area contributed by atoms with Gasteiger partial charge in [0.05, 0.1) is 19.0 Å². The quantitative estimate of drug-likeness (QED) is 0.802. The van der Waals surface area contributed by atoms with Crippen LogP contribution in [-0.2, 0) is 20.9 Å². The average Bonchev–Trinajstić information content (AvgIpc) is 3.33. The van der Waals surface area contributed by atoms with Crippen molar-refractivity contribution in [3.05, 3.63) is 70.6 Å². The molecule has 3 aliphatic rings. The molecule has 3 aliphatic heterocycles. The van der Waals surface area contributed by atoms with Gasteiger partial charge in [0.1, 0.15) is 12.6 Å². The number of ether oxygens (including phenoxy) is 1. The van der Waals surface area contributed by atoms with Crippen LogP contribution in [0.15, 0.2) is 59.5 Å². The number of pyridine rings is 1. The second-order valence-electron chi connectivity index (χ2n) is 7.59. The molecule has 28 heavy (non-hydrogen) atoms. The summed E-state index contributed by atoms with van der Waals surface area (Å²) in [5, 5.41) is 0. The van der Waals surface area contributed by atoms with Crippen LogP contribution in [0.4, 0.5) is 0 Å². The van der Waals surface area contributed by atoms with Gasteiger partial charge in [0.15, 0.2) is 5.72 Å². The first-order valence-electron chi connectivity index (χ1n) is 9.57. The molecule has 144 valence electrons. The van der Waals surface area contributed by atoms with E-state index in [1.807, 2.05) is 35.2 Å². The van der Waals surface area contributed by atoms with Gasteiger partial charge in [0.25, 0.3) is 5.56 Å². The van der Waals surface area contributed by atoms with Crippen molar-refractivity contribution in [2.24, 2.45) is 0 Å². The summed E-state index contributed by atoms with van der Waals surface area (Å²) < 4.78 is 7.84. The molecule has 3 fully saturated rings. The molecule has 7 nitrogen and oxygen atoms in total. The Morgan fingerprint density at radius 2 is 1.89 bits per heavy atom. The molecular formula is C21H21N3O4. The van der Waals surface area contributed by atoms with E-state index < -0.39 is 5.72 Å². The summed E-state index contributed by atoms with van der Waals surface area (Å²) in [6.45, 7) is 1.01. The van der Waals surface area contributed by atoms with Crippen LogP contribution in [0.25, 0.3) is 0 Å². The number of aromatic nitrogens is 1. The first-order chi connectivity index (χ1) is 13.6. The van der Waals surface area contributed by atoms with Crippen LogP contribution in [0.2, 0.25) is 0 Å². The Balaban J connectivity index is 1.39. The van der Waals surface area contributed by atoms with E-state index >= 15 is 0 Å². The van der Waals surface area contributed by atoms with Crippen molar-refractivity contribution in [1.29, 1.82) is 0 Å². The Kier molecular flexibility index (Phi) is 3.87. The predicted molar refractivity (Wildman–Crippen MR) is 100 cm³/mol. The van der Waals surface area contributed by atoms with E-state index in [0.29, 0.717) is 19.5 Å². The molecule has 2 aromatic rings. The van der Waals surface area contributed by atoms with E-state index in [0.717, 1.165) is 5.56 Å². The lowest BCUT2D eigenvalue weighted by Crippen LogP contribution is -2.49. The van der Waals surface area contributed by atoms with Crippen LogP contribution < -0.4 is 5.56 Å². The Bertz CT molecular complexity index is 988. The molecule has 0 saturated carbocycles. The van der Waals surface area contributed by atoms with Gasteiger partial charge in [0, 0.05) is 25.2 Å². The SMILES string of the molecule is O=C(Cn1ccccc1=O)N1CC[C@@]23O[C@@H](c4ccccc4)CN2C(=O)C[C@@H]13. The number of benzene rings is 1. The molecule has 3 atom stereocenters. The Morgan fingerprint density at radius 3 is 2.68 bits per heavy atom. The highest BCUT2D eigenvalue weighted by molar-refractivity contribution is 5.84. The number of nitrogens with zero attached hydrogens (tertiary/aromatic N) is 3. The highest BCUT2D eigenvalue weighted by atomic mass is 16.5. The Hall–Kier alpha value is -2.93. The number of amides is 2. The van der Waals surface area contributed by atoms with Gasteiger partial charge < -0.3 is 19.1 Å². The minimum atomic E-state index is -0.741. The van der Waals surface area contributed by atoms with E-state index in [1.54, 1.807) is 23.2 Å². The van der Waals surface area contributed by atoms with Gasteiger partial charge in [-0.1, -0.05) is 36.4 Å². The smallest absolute Gasteiger partial charge is 0.250 e. The Morgan fingerprint density at radius 1 is 1.11 bits per heavy atom. The fourth-order valence-corrected chi connectivity index (χ4v) is 4.79. The van der Waals surface area contributed by atoms with Crippen molar-refractivity contribution >= 4 is 11.8 Å². The lowest BCUT2D eigenvalue weighted by atomic mass is 10.1. The van der Waals surface area contributed by atoms with Gasteiger partial charge in [0.2, 0.25) is 11.8 Å². The maximum Gasteiger partial charge on any atom is 0.250 e. The molecule has 1 aromatic heterocycles. The molecule has 0 bridgehead atoms. The van der Waals surface area contributed by atoms with E-state index in [1.165, 1.54) is 10.6 Å². The van der Waals surface area contributed by atoms with Crippen LogP contribution in [0.5, 0.6) is 0 Å². The summed E-state index contributed by atoms with van der Waals surface area (Å²) in [6, 6.07) is 14.4. The highest BCUT2D eigenvalue weighted by Crippen LogP contribution is 2.50. The van der Waals surface area contributed by atoms with Gasteiger partial charge in [-0.25, -0.2) is 0 Å². The van der Waals surface area contributed by atoms with Crippen molar-refractivity contribution < 1.29 is 14.3 Å². The summed E-state index contributed by atoms with van der Waals surface area (Å²) in [5.74, 6) is -0.130. The number of rotatable bonds is 3. The largest absolute Gasteiger partial charge is 0.343 e. The number of hydrogen-bond acceptors (Lipinski definition) is 4. The van der Waals surface area contributed by atoms with Gasteiger partial charge in [-0.3, -0.25) is 14.4 Å². The van der Waals surface area contributed by atoms with Gasteiger partial charge in [-0.15, -0.1) is 0 Å². The lowest BCUT2D eigenvalue weighted by molar-refractivity contribution is -0.143. The molecular weight excluding hydrogens is 358 g/mol. The first kappa shape index (κ1) is 17.2. The average molecular weight is 379 g/mol. The summed E-state index contributed by atoms with van der Waals surface area (Å²) >= 11 is 0. The zero-order valence-electron chi connectivity index (χ0n) is 15.4. The van der Waals surface area contributed by atoms with Crippen molar-refractivity contribution in [2.75, 3.05) is 13.1 Å². The zero-order chi connectivity index (χ0) is 19.3. The molecule has 1 aromatic carbocycles. The molecule has 0 aliphatic carbocycles. The maximum absolute atomic E-state index is 12.9. The lowest BCUT2D eigenvalue weighted by Gasteiger charge is -2.32. The molecule has 2 amide bonds. The summed E-state index contributed by atoms with van der Waals surface area (Å²) in [5.41, 5.74) is 0.0862. The maximum atomic E-state index is 12.9. The van der Waals surface area contributed by atoms with Gasteiger partial charge in [-0.05, 0) is 11.6 Å². The molecule has 1 spiro atoms. The first-order valence-corrected chi connectivity index (χ1v) is 9.57. The molecule has 0 radical (unpaired) electrons. The number of carbonyl (C=O) groups is 2. The predicted octanol–water partition coefficient (Wildman–Crippen LogP) is 1.15. The number of hydrogen-bond donors (Lipinski definition) is 0. The molecule has 4 heterocycles. The standard InChI is InChI=1S/C21H21N3O4/c25-18-8-4-5-10-22(18)14-20(27)23-11-9-21-17(23)12-19(26)24(21)13-16(28-21)15-6-2-1-3-7-15/h1-8,10,16-17H,9,11-14H2/t16-,17-,21+/m1/s1. The summed E-state index contributed by atoms with van der Waals surface area (Å²) in [6.07, 6.45) is 2.30. The number of carbonyl (C=O) groups excluding carboxylic acids is 2. The van der Waals surface area contributed by atoms with Crippen LogP contribution in [0.3, 0.4) is 0 Å². The minimum absolute atomic E-state index is 0.0252. The monoisotopic (exact) mass is 379 g/mol. The van der Waals surface area contributed by atoms with Crippen molar-refractivity contribution in [3.8, 4) is 0 Å².